The number of hydrogen-bond donors (Lipinski definition) is 1. The van der Waals surface area contributed by atoms with Crippen LogP contribution >= 0.6 is 0 Å². The minimum absolute atomic E-state index is 0.0481. The molecule has 0 bridgehead atoms. The fraction of sp³-hybridized carbons (Fsp3) is 0. The second-order valence-electron chi connectivity index (χ2n) is 8.96. The van der Waals surface area contributed by atoms with Crippen molar-refractivity contribution in [2.24, 2.45) is 0 Å². The zero-order chi connectivity index (χ0) is 24.2. The first-order chi connectivity index (χ1) is 17.7. The number of Topliss-reactive ketones (excluding diaryl/α,β-unsaturated/α-hetero) is 1. The summed E-state index contributed by atoms with van der Waals surface area (Å²) >= 11 is 0. The molecule has 0 amide bonds. The van der Waals surface area contributed by atoms with Gasteiger partial charge in [0.1, 0.15) is 5.76 Å². The number of rotatable bonds is 3. The minimum atomic E-state index is -0.139. The molecule has 0 unspecified atom stereocenters. The van der Waals surface area contributed by atoms with Gasteiger partial charge in [0.25, 0.3) is 0 Å². The van der Waals surface area contributed by atoms with E-state index in [2.05, 4.69) is 9.14 Å². The number of allylic oxidation sites excluding steroid dienone is 3. The molecule has 0 saturated carbocycles. The number of hydrogen-bond acceptors (Lipinski definition) is 2. The average Bonchev–Trinajstić information content (AvgIpc) is 3.49. The van der Waals surface area contributed by atoms with Crippen molar-refractivity contribution in [3.63, 3.8) is 0 Å². The fourth-order valence-electron chi connectivity index (χ4n) is 5.26. The van der Waals surface area contributed by atoms with Crippen LogP contribution in [0.2, 0.25) is 0 Å². The van der Waals surface area contributed by atoms with Crippen LogP contribution in [0.4, 0.5) is 11.4 Å². The fourth-order valence-corrected chi connectivity index (χ4v) is 5.26. The Balaban J connectivity index is 1.42. The lowest BCUT2D eigenvalue weighted by Crippen LogP contribution is -2.22. The van der Waals surface area contributed by atoms with Crippen LogP contribution in [-0.4, -0.2) is 21.7 Å². The molecule has 36 heavy (non-hydrogen) atoms. The van der Waals surface area contributed by atoms with Gasteiger partial charge in [-0.2, -0.15) is 4.58 Å². The summed E-state index contributed by atoms with van der Waals surface area (Å²) < 4.78 is 4.13. The second-order valence-corrected chi connectivity index (χ2v) is 8.96. The number of carbonyl (C=O) groups is 1. The molecule has 1 N–H and O–H groups in total. The number of nitrogens with zero attached hydrogens (tertiary/aromatic N) is 2. The van der Waals surface area contributed by atoms with E-state index >= 15 is 0 Å². The molecule has 0 atom stereocenters. The second kappa shape index (κ2) is 7.79. The maximum Gasteiger partial charge on any atom is 0.219 e. The summed E-state index contributed by atoms with van der Waals surface area (Å²) in [6.07, 6.45) is 3.90. The SMILES string of the molecule is O=C1C(=C2C=[N+](c3ccccc3)c3ccccc32)C(O)=C1c1cn(-c2ccccc2)c2ccccc12. The molecular weight excluding hydrogens is 444 g/mol. The molecule has 170 valence electrons. The average molecular weight is 466 g/mol. The van der Waals surface area contributed by atoms with E-state index in [9.17, 15) is 9.90 Å². The van der Waals surface area contributed by atoms with Gasteiger partial charge in [-0.15, -0.1) is 0 Å². The van der Waals surface area contributed by atoms with Gasteiger partial charge in [0.15, 0.2) is 6.21 Å². The van der Waals surface area contributed by atoms with Crippen molar-refractivity contribution in [3.05, 3.63) is 138 Å². The number of fused-ring (bicyclic) bond motifs is 2. The molecule has 1 aromatic heterocycles. The van der Waals surface area contributed by atoms with E-state index in [0.717, 1.165) is 44.7 Å². The molecule has 7 rings (SSSR count). The molecule has 2 aliphatic rings. The Hall–Kier alpha value is -4.96. The number of aromatic nitrogens is 1. The number of carbonyl (C=O) groups excluding carboxylic acids is 1. The smallest absolute Gasteiger partial charge is 0.219 e. The van der Waals surface area contributed by atoms with E-state index < -0.39 is 0 Å². The molecular formula is C32H21N2O2+. The van der Waals surface area contributed by atoms with Crippen LogP contribution in [0.15, 0.2) is 127 Å². The third kappa shape index (κ3) is 2.88. The molecule has 0 radical (unpaired) electrons. The molecule has 4 nitrogen and oxygen atoms in total. The highest BCUT2D eigenvalue weighted by molar-refractivity contribution is 6.45. The third-order valence-electron chi connectivity index (χ3n) is 6.96. The molecule has 0 fully saturated rings. The van der Waals surface area contributed by atoms with E-state index in [0.29, 0.717) is 11.1 Å². The van der Waals surface area contributed by atoms with Crippen molar-refractivity contribution in [2.45, 2.75) is 0 Å². The van der Waals surface area contributed by atoms with Crippen LogP contribution in [0.5, 0.6) is 0 Å². The van der Waals surface area contributed by atoms with Crippen LogP contribution in [-0.2, 0) is 4.79 Å². The number of aliphatic hydroxyl groups excluding tert-OH is 1. The van der Waals surface area contributed by atoms with Gasteiger partial charge >= 0.3 is 0 Å². The summed E-state index contributed by atoms with van der Waals surface area (Å²) in [5.74, 6) is -0.0913. The van der Waals surface area contributed by atoms with Gasteiger partial charge in [0.2, 0.25) is 17.2 Å². The van der Waals surface area contributed by atoms with Gasteiger partial charge in [-0.1, -0.05) is 66.7 Å². The zero-order valence-corrected chi connectivity index (χ0v) is 19.3. The lowest BCUT2D eigenvalue weighted by atomic mass is 9.80. The van der Waals surface area contributed by atoms with Gasteiger partial charge in [0.05, 0.1) is 27.8 Å². The number of para-hydroxylation sites is 4. The summed E-state index contributed by atoms with van der Waals surface area (Å²) in [5, 5.41) is 12.3. The number of benzene rings is 4. The Bertz CT molecular complexity index is 1790. The molecule has 1 aliphatic carbocycles. The summed E-state index contributed by atoms with van der Waals surface area (Å²) in [4.78, 5) is 13.7. The van der Waals surface area contributed by atoms with Crippen LogP contribution in [0.1, 0.15) is 11.1 Å². The largest absolute Gasteiger partial charge is 0.506 e. The number of ketones is 1. The van der Waals surface area contributed by atoms with E-state index in [1.807, 2.05) is 122 Å². The lowest BCUT2D eigenvalue weighted by molar-refractivity contribution is -0.111. The quantitative estimate of drug-likeness (QED) is 0.234. The molecule has 4 aromatic carbocycles. The third-order valence-corrected chi connectivity index (χ3v) is 6.96. The van der Waals surface area contributed by atoms with Crippen molar-refractivity contribution in [1.29, 1.82) is 0 Å². The molecule has 0 saturated heterocycles. The Kier molecular flexibility index (Phi) is 4.42. The topological polar surface area (TPSA) is 45.2 Å². The van der Waals surface area contributed by atoms with Crippen molar-refractivity contribution in [2.75, 3.05) is 0 Å². The van der Waals surface area contributed by atoms with Crippen LogP contribution in [0, 0.1) is 0 Å². The van der Waals surface area contributed by atoms with Crippen molar-refractivity contribution in [1.82, 2.24) is 9.14 Å². The summed E-state index contributed by atoms with van der Waals surface area (Å²) in [7, 11) is 0. The van der Waals surface area contributed by atoms with Gasteiger partial charge in [-0.05, 0) is 24.3 Å². The maximum atomic E-state index is 13.7. The first kappa shape index (κ1) is 20.4. The Morgan fingerprint density at radius 1 is 0.667 bits per heavy atom. The highest BCUT2D eigenvalue weighted by Crippen LogP contribution is 2.45. The molecule has 4 heteroatoms. The van der Waals surface area contributed by atoms with Crippen molar-refractivity contribution >= 4 is 45.4 Å². The zero-order valence-electron chi connectivity index (χ0n) is 19.3. The van der Waals surface area contributed by atoms with Gasteiger partial charge in [-0.3, -0.25) is 4.79 Å². The predicted octanol–water partition coefficient (Wildman–Crippen LogP) is 6.86. The predicted molar refractivity (Wildman–Crippen MR) is 145 cm³/mol. The first-order valence-electron chi connectivity index (χ1n) is 11.9. The minimum Gasteiger partial charge on any atom is -0.506 e. The van der Waals surface area contributed by atoms with Gasteiger partial charge in [-0.25, -0.2) is 0 Å². The highest BCUT2D eigenvalue weighted by atomic mass is 16.3. The Morgan fingerprint density at radius 3 is 2.11 bits per heavy atom. The van der Waals surface area contributed by atoms with E-state index in [4.69, 9.17) is 0 Å². The molecule has 0 spiro atoms. The normalized spacial score (nSPS) is 16.8. The Labute approximate surface area is 208 Å². The first-order valence-corrected chi connectivity index (χ1v) is 11.9. The van der Waals surface area contributed by atoms with Crippen molar-refractivity contribution in [3.8, 4) is 5.69 Å². The highest BCUT2D eigenvalue weighted by Gasteiger charge is 2.42. The summed E-state index contributed by atoms with van der Waals surface area (Å²) in [6.45, 7) is 0. The monoisotopic (exact) mass is 465 g/mol. The van der Waals surface area contributed by atoms with Crippen molar-refractivity contribution < 1.29 is 9.90 Å². The van der Waals surface area contributed by atoms with Gasteiger partial charge in [0, 0.05) is 41.0 Å². The number of aliphatic hydroxyl groups is 1. The van der Waals surface area contributed by atoms with E-state index in [1.54, 1.807) is 0 Å². The standard InChI is InChI=1S/C32H20N2O2/c35-31-29(25-19-33(21-11-3-1-4-12-21)27-17-9-7-15-23(25)27)32(36)30(31)26-20-34(22-13-5-2-6-14-22)28-18-10-8-16-24(26)28/h1-20H/p+1. The Morgan fingerprint density at radius 2 is 1.33 bits per heavy atom. The molecule has 5 aromatic rings. The van der Waals surface area contributed by atoms with Crippen LogP contribution in [0.25, 0.3) is 27.7 Å². The maximum absolute atomic E-state index is 13.7. The molecule has 1 aliphatic heterocycles. The lowest BCUT2D eigenvalue weighted by Gasteiger charge is -2.22. The van der Waals surface area contributed by atoms with E-state index in [-0.39, 0.29) is 11.5 Å². The van der Waals surface area contributed by atoms with Gasteiger partial charge < -0.3 is 9.67 Å². The van der Waals surface area contributed by atoms with Crippen LogP contribution < -0.4 is 4.58 Å². The molecule has 2 heterocycles. The summed E-state index contributed by atoms with van der Waals surface area (Å²) in [5.41, 5.74) is 7.13. The van der Waals surface area contributed by atoms with Crippen LogP contribution in [0.3, 0.4) is 0 Å². The van der Waals surface area contributed by atoms with E-state index in [1.165, 1.54) is 0 Å². The summed E-state index contributed by atoms with van der Waals surface area (Å²) in [6, 6.07) is 36.0.